The fraction of sp³-hybridized carbons (Fsp3) is 0.333. The van der Waals surface area contributed by atoms with E-state index in [-0.39, 0.29) is 11.8 Å². The second-order valence-electron chi connectivity index (χ2n) is 9.68. The number of hydrogen-bond acceptors (Lipinski definition) is 5. The molecule has 1 atom stereocenters. The number of aromatic nitrogens is 1. The SMILES string of the molecule is CC1=C(c2ccc(N3CCOCC3)nc2)Cc2c(cc(C)cc2C(C)Nc2ccccc2C)C1=O. The summed E-state index contributed by atoms with van der Waals surface area (Å²) in [6.07, 6.45) is 2.64. The van der Waals surface area contributed by atoms with E-state index in [0.29, 0.717) is 0 Å². The summed E-state index contributed by atoms with van der Waals surface area (Å²) in [6.45, 7) is 11.5. The third-order valence-electron chi connectivity index (χ3n) is 7.24. The van der Waals surface area contributed by atoms with Crippen LogP contribution in [0.4, 0.5) is 11.5 Å². The maximum Gasteiger partial charge on any atom is 0.189 e. The molecule has 5 nitrogen and oxygen atoms in total. The number of fused-ring (bicyclic) bond motifs is 1. The predicted octanol–water partition coefficient (Wildman–Crippen LogP) is 5.92. The first-order valence-corrected chi connectivity index (χ1v) is 12.4. The number of aryl methyl sites for hydroxylation is 2. The Kier molecular flexibility index (Phi) is 6.44. The van der Waals surface area contributed by atoms with Gasteiger partial charge in [0, 0.05) is 42.2 Å². The van der Waals surface area contributed by atoms with E-state index in [1.165, 1.54) is 11.1 Å². The van der Waals surface area contributed by atoms with Gasteiger partial charge in [0.2, 0.25) is 0 Å². The van der Waals surface area contributed by atoms with Gasteiger partial charge in [0.1, 0.15) is 5.82 Å². The average molecular weight is 468 g/mol. The Labute approximate surface area is 207 Å². The number of allylic oxidation sites excluding steroid dienone is 2. The molecule has 2 heterocycles. The van der Waals surface area contributed by atoms with E-state index in [2.05, 4.69) is 73.5 Å². The molecule has 0 spiro atoms. The number of nitrogens with one attached hydrogen (secondary N) is 1. The van der Waals surface area contributed by atoms with Crippen LogP contribution in [-0.2, 0) is 11.2 Å². The number of carbonyl (C=O) groups is 1. The zero-order chi connectivity index (χ0) is 24.5. The number of pyridine rings is 1. The van der Waals surface area contributed by atoms with Crippen LogP contribution in [0.25, 0.3) is 5.57 Å². The van der Waals surface area contributed by atoms with Gasteiger partial charge in [-0.15, -0.1) is 0 Å². The van der Waals surface area contributed by atoms with E-state index in [9.17, 15) is 4.79 Å². The zero-order valence-corrected chi connectivity index (χ0v) is 21.0. The van der Waals surface area contributed by atoms with Gasteiger partial charge >= 0.3 is 0 Å². The second-order valence-corrected chi connectivity index (χ2v) is 9.68. The average Bonchev–Trinajstić information content (AvgIpc) is 2.88. The highest BCUT2D eigenvalue weighted by molar-refractivity contribution is 6.16. The van der Waals surface area contributed by atoms with Crippen molar-refractivity contribution >= 4 is 22.9 Å². The topological polar surface area (TPSA) is 54.5 Å². The highest BCUT2D eigenvalue weighted by Gasteiger charge is 2.28. The van der Waals surface area contributed by atoms with Crippen molar-refractivity contribution in [3.05, 3.63) is 93.7 Å². The highest BCUT2D eigenvalue weighted by atomic mass is 16.5. The number of ketones is 1. The standard InChI is InChI=1S/C30H33N3O2/c1-19-15-25(22(4)32-28-8-6-5-7-20(28)2)26-17-24(21(3)30(34)27(26)16-19)23-9-10-29(31-18-23)33-11-13-35-14-12-33/h5-10,15-16,18,22,32H,11-14,17H2,1-4H3. The molecule has 2 aromatic carbocycles. The lowest BCUT2D eigenvalue weighted by Gasteiger charge is -2.29. The molecule has 1 unspecified atom stereocenters. The number of anilines is 2. The summed E-state index contributed by atoms with van der Waals surface area (Å²) in [5, 5.41) is 3.67. The normalized spacial score (nSPS) is 16.8. The van der Waals surface area contributed by atoms with Crippen molar-refractivity contribution < 1.29 is 9.53 Å². The molecule has 3 aromatic rings. The number of morpholine rings is 1. The van der Waals surface area contributed by atoms with Crippen molar-refractivity contribution in [1.82, 2.24) is 4.98 Å². The van der Waals surface area contributed by atoms with Gasteiger partial charge < -0.3 is 15.0 Å². The number of hydrogen-bond donors (Lipinski definition) is 1. The van der Waals surface area contributed by atoms with Crippen molar-refractivity contribution in [2.24, 2.45) is 0 Å². The van der Waals surface area contributed by atoms with Gasteiger partial charge in [0.05, 0.1) is 13.2 Å². The van der Waals surface area contributed by atoms with Gasteiger partial charge in [-0.25, -0.2) is 4.98 Å². The molecular formula is C30H33N3O2. The lowest BCUT2D eigenvalue weighted by molar-refractivity contribution is 0.103. The van der Waals surface area contributed by atoms with E-state index >= 15 is 0 Å². The quantitative estimate of drug-likeness (QED) is 0.505. The molecule has 1 aliphatic heterocycles. The maximum absolute atomic E-state index is 13.5. The summed E-state index contributed by atoms with van der Waals surface area (Å²) < 4.78 is 5.46. The Bertz CT molecular complexity index is 1290. The second kappa shape index (κ2) is 9.67. The number of rotatable bonds is 5. The first-order valence-electron chi connectivity index (χ1n) is 12.4. The third kappa shape index (κ3) is 4.61. The first kappa shape index (κ1) is 23.3. The minimum Gasteiger partial charge on any atom is -0.378 e. The fourth-order valence-corrected chi connectivity index (χ4v) is 5.19. The van der Waals surface area contributed by atoms with Crippen molar-refractivity contribution in [2.75, 3.05) is 36.5 Å². The van der Waals surface area contributed by atoms with Crippen molar-refractivity contribution in [3.63, 3.8) is 0 Å². The molecule has 5 heteroatoms. The molecule has 5 rings (SSSR count). The maximum atomic E-state index is 13.5. The molecular weight excluding hydrogens is 434 g/mol. The monoisotopic (exact) mass is 467 g/mol. The molecule has 1 aliphatic carbocycles. The Morgan fingerprint density at radius 2 is 1.80 bits per heavy atom. The summed E-state index contributed by atoms with van der Waals surface area (Å²) in [4.78, 5) is 20.5. The van der Waals surface area contributed by atoms with Gasteiger partial charge in [-0.1, -0.05) is 29.8 Å². The van der Waals surface area contributed by atoms with Crippen LogP contribution in [0.3, 0.4) is 0 Å². The molecule has 2 aliphatic rings. The van der Waals surface area contributed by atoms with Crippen LogP contribution in [0.1, 0.15) is 58.1 Å². The third-order valence-corrected chi connectivity index (χ3v) is 7.24. The van der Waals surface area contributed by atoms with Crippen LogP contribution in [0.5, 0.6) is 0 Å². The molecule has 1 N–H and O–H groups in total. The number of para-hydroxylation sites is 1. The zero-order valence-electron chi connectivity index (χ0n) is 21.0. The minimum atomic E-state index is 0.0685. The molecule has 1 saturated heterocycles. The molecule has 35 heavy (non-hydrogen) atoms. The van der Waals surface area contributed by atoms with Crippen LogP contribution in [0.2, 0.25) is 0 Å². The van der Waals surface area contributed by atoms with Crippen LogP contribution >= 0.6 is 0 Å². The molecule has 1 fully saturated rings. The lowest BCUT2D eigenvalue weighted by Crippen LogP contribution is -2.36. The van der Waals surface area contributed by atoms with Gasteiger partial charge in [-0.3, -0.25) is 4.79 Å². The molecule has 180 valence electrons. The lowest BCUT2D eigenvalue weighted by atomic mass is 9.79. The van der Waals surface area contributed by atoms with Crippen LogP contribution in [0.15, 0.2) is 60.3 Å². The highest BCUT2D eigenvalue weighted by Crippen LogP contribution is 2.37. The molecule has 1 aromatic heterocycles. The number of benzene rings is 2. The first-order chi connectivity index (χ1) is 16.9. The number of carbonyl (C=O) groups excluding carboxylic acids is 1. The predicted molar refractivity (Wildman–Crippen MR) is 142 cm³/mol. The van der Waals surface area contributed by atoms with E-state index in [1.54, 1.807) is 0 Å². The number of Topliss-reactive ketones (excluding diaryl/α,β-unsaturated/α-hetero) is 1. The van der Waals surface area contributed by atoms with Crippen LogP contribution < -0.4 is 10.2 Å². The summed E-state index contributed by atoms with van der Waals surface area (Å²) in [5.41, 5.74) is 9.46. The van der Waals surface area contributed by atoms with E-state index in [1.807, 2.05) is 19.2 Å². The number of ether oxygens (including phenoxy) is 1. The van der Waals surface area contributed by atoms with Crippen molar-refractivity contribution in [3.8, 4) is 0 Å². The largest absolute Gasteiger partial charge is 0.378 e. The Balaban J connectivity index is 1.47. The van der Waals surface area contributed by atoms with Gasteiger partial charge in [0.25, 0.3) is 0 Å². The molecule has 0 bridgehead atoms. The van der Waals surface area contributed by atoms with E-state index < -0.39 is 0 Å². The van der Waals surface area contributed by atoms with Crippen molar-refractivity contribution in [1.29, 1.82) is 0 Å². The fourth-order valence-electron chi connectivity index (χ4n) is 5.19. The van der Waals surface area contributed by atoms with Gasteiger partial charge in [-0.2, -0.15) is 0 Å². The summed E-state index contributed by atoms with van der Waals surface area (Å²) >= 11 is 0. The van der Waals surface area contributed by atoms with Crippen molar-refractivity contribution in [2.45, 2.75) is 40.2 Å². The summed E-state index contributed by atoms with van der Waals surface area (Å²) in [6, 6.07) is 16.8. The summed E-state index contributed by atoms with van der Waals surface area (Å²) in [5.74, 6) is 1.08. The van der Waals surface area contributed by atoms with Gasteiger partial charge in [-0.05, 0) is 86.2 Å². The summed E-state index contributed by atoms with van der Waals surface area (Å²) in [7, 11) is 0. The van der Waals surface area contributed by atoms with E-state index in [4.69, 9.17) is 9.72 Å². The Morgan fingerprint density at radius 3 is 2.51 bits per heavy atom. The van der Waals surface area contributed by atoms with E-state index in [0.717, 1.165) is 77.6 Å². The molecule has 0 saturated carbocycles. The van der Waals surface area contributed by atoms with Crippen LogP contribution in [-0.4, -0.2) is 37.1 Å². The van der Waals surface area contributed by atoms with Crippen LogP contribution in [0, 0.1) is 13.8 Å². The molecule has 0 amide bonds. The Hall–Kier alpha value is -3.44. The smallest absolute Gasteiger partial charge is 0.189 e. The number of nitrogens with zero attached hydrogens (tertiary/aromatic N) is 2. The van der Waals surface area contributed by atoms with Gasteiger partial charge in [0.15, 0.2) is 5.78 Å². The minimum absolute atomic E-state index is 0.0685. The Morgan fingerprint density at radius 1 is 1.03 bits per heavy atom. The molecule has 0 radical (unpaired) electrons.